The van der Waals surface area contributed by atoms with Crippen LogP contribution in [-0.2, 0) is 14.1 Å². The number of anilines is 2. The maximum Gasteiger partial charge on any atom is 0.324 e. The van der Waals surface area contributed by atoms with Gasteiger partial charge >= 0.3 is 6.03 Å². The first kappa shape index (κ1) is 24.6. The fourth-order valence-electron chi connectivity index (χ4n) is 3.67. The summed E-state index contributed by atoms with van der Waals surface area (Å²) in [6.45, 7) is 0. The number of urea groups is 1. The van der Waals surface area contributed by atoms with Crippen LogP contribution in [0.15, 0.2) is 73.2 Å². The Morgan fingerprint density at radius 3 is 2.53 bits per heavy atom. The highest BCUT2D eigenvalue weighted by Crippen LogP contribution is 2.31. The average Bonchev–Trinajstić information content (AvgIpc) is 3.49. The third kappa shape index (κ3) is 5.05. The zero-order valence-electron chi connectivity index (χ0n) is 20.1. The number of nitrogens with one attached hydrogen (secondary N) is 2. The van der Waals surface area contributed by atoms with Crippen molar-refractivity contribution in [2.45, 2.75) is 0 Å². The summed E-state index contributed by atoms with van der Waals surface area (Å²) in [4.78, 5) is 16.7. The standard InChI is InChI=1S/C26H20F3N7O2/c1-35-14-15(13-31-35)20-11-16(9-10-30-20)38-22-8-7-19(24(28)25(22)29)32-26(37)33-23-12-21(34-36(23)2)17-5-3-4-6-18(17)27/h3-14H,1-2H3,(H2,32,33,37). The van der Waals surface area contributed by atoms with E-state index in [1.165, 1.54) is 41.2 Å². The summed E-state index contributed by atoms with van der Waals surface area (Å²) in [5.74, 6) is -3.00. The summed E-state index contributed by atoms with van der Waals surface area (Å²) in [6, 6.07) is 12.1. The molecule has 5 rings (SSSR count). The van der Waals surface area contributed by atoms with Crippen LogP contribution in [0.4, 0.5) is 29.5 Å². The molecule has 0 aliphatic carbocycles. The summed E-state index contributed by atoms with van der Waals surface area (Å²) in [7, 11) is 3.31. The van der Waals surface area contributed by atoms with Crippen molar-refractivity contribution in [3.8, 4) is 34.0 Å². The van der Waals surface area contributed by atoms with Gasteiger partial charge in [0.05, 0.1) is 23.3 Å². The Bertz CT molecular complexity index is 1650. The van der Waals surface area contributed by atoms with Gasteiger partial charge in [-0.15, -0.1) is 0 Å². The molecule has 2 amide bonds. The van der Waals surface area contributed by atoms with Crippen molar-refractivity contribution in [3.63, 3.8) is 0 Å². The first-order valence-corrected chi connectivity index (χ1v) is 11.3. The molecule has 0 bridgehead atoms. The van der Waals surface area contributed by atoms with Gasteiger partial charge in [-0.2, -0.15) is 14.6 Å². The normalized spacial score (nSPS) is 10.9. The molecule has 12 heteroatoms. The molecule has 0 saturated heterocycles. The SMILES string of the molecule is Cn1cc(-c2cc(Oc3ccc(NC(=O)Nc4cc(-c5ccccc5F)nn4C)c(F)c3F)ccn2)cn1. The number of pyridine rings is 1. The van der Waals surface area contributed by atoms with E-state index >= 15 is 0 Å². The number of hydrogen-bond acceptors (Lipinski definition) is 5. The lowest BCUT2D eigenvalue weighted by atomic mass is 10.1. The number of halogens is 3. The maximum absolute atomic E-state index is 14.8. The Labute approximate surface area is 214 Å². The lowest BCUT2D eigenvalue weighted by Crippen LogP contribution is -2.22. The minimum atomic E-state index is -1.31. The van der Waals surface area contributed by atoms with E-state index in [-0.39, 0.29) is 22.9 Å². The highest BCUT2D eigenvalue weighted by Gasteiger charge is 2.19. The molecule has 9 nitrogen and oxygen atoms in total. The summed E-state index contributed by atoms with van der Waals surface area (Å²) >= 11 is 0. The number of ether oxygens (including phenoxy) is 1. The molecule has 0 aliphatic heterocycles. The molecule has 192 valence electrons. The van der Waals surface area contributed by atoms with E-state index in [0.717, 1.165) is 5.56 Å². The Kier molecular flexibility index (Phi) is 6.52. The van der Waals surface area contributed by atoms with Crippen LogP contribution in [0.5, 0.6) is 11.5 Å². The highest BCUT2D eigenvalue weighted by molar-refractivity contribution is 5.99. The van der Waals surface area contributed by atoms with Gasteiger partial charge in [-0.05, 0) is 30.3 Å². The molecule has 0 spiro atoms. The van der Waals surface area contributed by atoms with Gasteiger partial charge in [-0.25, -0.2) is 13.6 Å². The van der Waals surface area contributed by atoms with E-state index < -0.39 is 29.2 Å². The van der Waals surface area contributed by atoms with Gasteiger partial charge in [-0.1, -0.05) is 12.1 Å². The summed E-state index contributed by atoms with van der Waals surface area (Å²) in [5, 5.41) is 13.0. The van der Waals surface area contributed by atoms with Gasteiger partial charge in [0.2, 0.25) is 5.82 Å². The Balaban J connectivity index is 1.29. The number of nitrogens with zero attached hydrogens (tertiary/aromatic N) is 5. The second-order valence-corrected chi connectivity index (χ2v) is 8.22. The van der Waals surface area contributed by atoms with E-state index in [1.54, 1.807) is 55.4 Å². The van der Waals surface area contributed by atoms with Crippen LogP contribution < -0.4 is 15.4 Å². The van der Waals surface area contributed by atoms with Crippen molar-refractivity contribution >= 4 is 17.5 Å². The second kappa shape index (κ2) is 10.1. The molecule has 2 N–H and O–H groups in total. The monoisotopic (exact) mass is 519 g/mol. The quantitative estimate of drug-likeness (QED) is 0.298. The van der Waals surface area contributed by atoms with E-state index in [9.17, 15) is 18.0 Å². The predicted molar refractivity (Wildman–Crippen MR) is 134 cm³/mol. The maximum atomic E-state index is 14.8. The van der Waals surface area contributed by atoms with Crippen molar-refractivity contribution < 1.29 is 22.7 Å². The number of rotatable bonds is 6. The lowest BCUT2D eigenvalue weighted by molar-refractivity contribution is 0.262. The molecule has 5 aromatic rings. The fourth-order valence-corrected chi connectivity index (χ4v) is 3.67. The fraction of sp³-hybridized carbons (Fsp3) is 0.0769. The number of benzene rings is 2. The molecule has 3 heterocycles. The van der Waals surface area contributed by atoms with Crippen LogP contribution in [-0.4, -0.2) is 30.6 Å². The largest absolute Gasteiger partial charge is 0.454 e. The van der Waals surface area contributed by atoms with Gasteiger partial charge in [0.15, 0.2) is 11.6 Å². The Morgan fingerprint density at radius 1 is 0.947 bits per heavy atom. The molecule has 38 heavy (non-hydrogen) atoms. The van der Waals surface area contributed by atoms with E-state index in [2.05, 4.69) is 25.8 Å². The van der Waals surface area contributed by atoms with Crippen molar-refractivity contribution in [3.05, 3.63) is 90.6 Å². The van der Waals surface area contributed by atoms with Gasteiger partial charge < -0.3 is 10.1 Å². The molecular weight excluding hydrogens is 499 g/mol. The predicted octanol–water partition coefficient (Wildman–Crippen LogP) is 5.74. The highest BCUT2D eigenvalue weighted by atomic mass is 19.2. The number of carbonyl (C=O) groups excluding carboxylic acids is 1. The number of aryl methyl sites for hydroxylation is 2. The van der Waals surface area contributed by atoms with Crippen LogP contribution >= 0.6 is 0 Å². The van der Waals surface area contributed by atoms with Crippen LogP contribution in [0, 0.1) is 17.5 Å². The van der Waals surface area contributed by atoms with Crippen LogP contribution in [0.25, 0.3) is 22.5 Å². The van der Waals surface area contributed by atoms with Gasteiger partial charge in [0, 0.05) is 49.7 Å². The van der Waals surface area contributed by atoms with Crippen molar-refractivity contribution in [1.82, 2.24) is 24.5 Å². The van der Waals surface area contributed by atoms with Gasteiger partial charge in [0.25, 0.3) is 0 Å². The first-order chi connectivity index (χ1) is 18.3. The minimum Gasteiger partial charge on any atom is -0.454 e. The van der Waals surface area contributed by atoms with Crippen LogP contribution in [0.1, 0.15) is 0 Å². The molecule has 0 fully saturated rings. The van der Waals surface area contributed by atoms with Crippen molar-refractivity contribution in [1.29, 1.82) is 0 Å². The minimum absolute atomic E-state index is 0.212. The topological polar surface area (TPSA) is 98.9 Å². The number of amides is 2. The van der Waals surface area contributed by atoms with Crippen molar-refractivity contribution in [2.24, 2.45) is 14.1 Å². The third-order valence-corrected chi connectivity index (χ3v) is 5.53. The van der Waals surface area contributed by atoms with Crippen LogP contribution in [0.3, 0.4) is 0 Å². The molecule has 0 atom stereocenters. The molecule has 0 unspecified atom stereocenters. The zero-order chi connectivity index (χ0) is 26.8. The lowest BCUT2D eigenvalue weighted by Gasteiger charge is -2.12. The third-order valence-electron chi connectivity index (χ3n) is 5.53. The summed E-state index contributed by atoms with van der Waals surface area (Å²) in [6.07, 6.45) is 4.84. The summed E-state index contributed by atoms with van der Waals surface area (Å²) in [5.41, 5.74) is 1.41. The molecule has 3 aromatic heterocycles. The molecule has 0 aliphatic rings. The molecule has 0 radical (unpaired) electrons. The number of carbonyl (C=O) groups is 1. The molecular formula is C26H20F3N7O2. The summed E-state index contributed by atoms with van der Waals surface area (Å²) < 4.78 is 52.1. The average molecular weight is 519 g/mol. The Hall–Kier alpha value is -5.13. The van der Waals surface area contributed by atoms with E-state index in [4.69, 9.17) is 4.74 Å². The Morgan fingerprint density at radius 2 is 1.76 bits per heavy atom. The zero-order valence-corrected chi connectivity index (χ0v) is 20.1. The first-order valence-electron chi connectivity index (χ1n) is 11.3. The smallest absolute Gasteiger partial charge is 0.324 e. The van der Waals surface area contributed by atoms with E-state index in [0.29, 0.717) is 11.4 Å². The number of hydrogen-bond donors (Lipinski definition) is 2. The van der Waals surface area contributed by atoms with Crippen molar-refractivity contribution in [2.75, 3.05) is 10.6 Å². The van der Waals surface area contributed by atoms with Gasteiger partial charge in [-0.3, -0.25) is 19.7 Å². The number of aromatic nitrogens is 5. The second-order valence-electron chi connectivity index (χ2n) is 8.22. The van der Waals surface area contributed by atoms with E-state index in [1.807, 2.05) is 0 Å². The van der Waals surface area contributed by atoms with Crippen LogP contribution in [0.2, 0.25) is 0 Å². The van der Waals surface area contributed by atoms with Gasteiger partial charge in [0.1, 0.15) is 17.4 Å². The molecule has 2 aromatic carbocycles. The molecule has 0 saturated carbocycles.